The van der Waals surface area contributed by atoms with Crippen molar-refractivity contribution in [3.05, 3.63) is 34.9 Å². The third-order valence-electron chi connectivity index (χ3n) is 4.71. The van der Waals surface area contributed by atoms with Crippen molar-refractivity contribution < 1.29 is 9.53 Å². The zero-order valence-electron chi connectivity index (χ0n) is 12.0. The van der Waals surface area contributed by atoms with E-state index in [1.165, 1.54) is 12.0 Å². The summed E-state index contributed by atoms with van der Waals surface area (Å²) in [5, 5.41) is 0. The van der Waals surface area contributed by atoms with Crippen molar-refractivity contribution in [1.29, 1.82) is 0 Å². The molecule has 1 aliphatic heterocycles. The summed E-state index contributed by atoms with van der Waals surface area (Å²) in [5.41, 5.74) is 8.93. The molecule has 1 aromatic carbocycles. The van der Waals surface area contributed by atoms with Crippen LogP contribution in [0.15, 0.2) is 18.2 Å². The fraction of sp³-hybridized carbons (Fsp3) is 0.562. The molecular formula is C16H22N2O2. The van der Waals surface area contributed by atoms with Gasteiger partial charge in [-0.25, -0.2) is 0 Å². The first-order valence-corrected chi connectivity index (χ1v) is 7.37. The number of rotatable bonds is 3. The minimum absolute atomic E-state index is 0.102. The number of hydrogen-bond donors (Lipinski definition) is 1. The second-order valence-corrected chi connectivity index (χ2v) is 5.89. The third kappa shape index (κ3) is 2.34. The highest BCUT2D eigenvalue weighted by molar-refractivity contribution is 5.94. The van der Waals surface area contributed by atoms with E-state index in [1.54, 1.807) is 0 Å². The van der Waals surface area contributed by atoms with Gasteiger partial charge in [-0.2, -0.15) is 0 Å². The normalized spacial score (nSPS) is 24.7. The van der Waals surface area contributed by atoms with Gasteiger partial charge >= 0.3 is 0 Å². The summed E-state index contributed by atoms with van der Waals surface area (Å²) in [7, 11) is 1.91. The maximum absolute atomic E-state index is 12.6. The molecule has 2 N–H and O–H groups in total. The summed E-state index contributed by atoms with van der Waals surface area (Å²) >= 11 is 0. The van der Waals surface area contributed by atoms with Crippen LogP contribution in [0.4, 0.5) is 0 Å². The highest BCUT2D eigenvalue weighted by Crippen LogP contribution is 2.30. The molecule has 20 heavy (non-hydrogen) atoms. The second kappa shape index (κ2) is 5.54. The molecule has 1 heterocycles. The topological polar surface area (TPSA) is 55.6 Å². The maximum atomic E-state index is 12.6. The molecule has 4 nitrogen and oxygen atoms in total. The van der Waals surface area contributed by atoms with Gasteiger partial charge in [-0.15, -0.1) is 0 Å². The van der Waals surface area contributed by atoms with Crippen molar-refractivity contribution in [2.45, 2.75) is 38.5 Å². The van der Waals surface area contributed by atoms with E-state index in [1.807, 2.05) is 30.1 Å². The SMILES string of the molecule is CN(C(=O)c1ccc2c(c1)COC2)C1CCCC1CN. The summed E-state index contributed by atoms with van der Waals surface area (Å²) in [6.07, 6.45) is 3.37. The maximum Gasteiger partial charge on any atom is 0.253 e. The Morgan fingerprint density at radius 3 is 2.95 bits per heavy atom. The van der Waals surface area contributed by atoms with Crippen LogP contribution in [-0.4, -0.2) is 30.4 Å². The number of nitrogens with two attached hydrogens (primary N) is 1. The van der Waals surface area contributed by atoms with E-state index in [9.17, 15) is 4.79 Å². The van der Waals surface area contributed by atoms with Gasteiger partial charge in [0.15, 0.2) is 0 Å². The van der Waals surface area contributed by atoms with E-state index in [0.29, 0.717) is 25.7 Å². The molecule has 3 rings (SSSR count). The largest absolute Gasteiger partial charge is 0.372 e. The van der Waals surface area contributed by atoms with Crippen molar-refractivity contribution in [1.82, 2.24) is 4.90 Å². The van der Waals surface area contributed by atoms with Gasteiger partial charge in [0, 0.05) is 18.7 Å². The minimum atomic E-state index is 0.102. The van der Waals surface area contributed by atoms with Gasteiger partial charge < -0.3 is 15.4 Å². The lowest BCUT2D eigenvalue weighted by atomic mass is 10.0. The van der Waals surface area contributed by atoms with Crippen LogP contribution in [0.3, 0.4) is 0 Å². The Bertz CT molecular complexity index is 515. The summed E-state index contributed by atoms with van der Waals surface area (Å²) < 4.78 is 5.40. The smallest absolute Gasteiger partial charge is 0.253 e. The number of hydrogen-bond acceptors (Lipinski definition) is 3. The van der Waals surface area contributed by atoms with E-state index in [-0.39, 0.29) is 11.9 Å². The first-order chi connectivity index (χ1) is 9.70. The highest BCUT2D eigenvalue weighted by atomic mass is 16.5. The van der Waals surface area contributed by atoms with Crippen LogP contribution in [0.25, 0.3) is 0 Å². The van der Waals surface area contributed by atoms with Gasteiger partial charge in [0.25, 0.3) is 5.91 Å². The van der Waals surface area contributed by atoms with Gasteiger partial charge in [0.2, 0.25) is 0 Å². The van der Waals surface area contributed by atoms with E-state index in [0.717, 1.165) is 24.0 Å². The van der Waals surface area contributed by atoms with Crippen LogP contribution < -0.4 is 5.73 Å². The van der Waals surface area contributed by atoms with Gasteiger partial charge in [-0.3, -0.25) is 4.79 Å². The average Bonchev–Trinajstić information content (AvgIpc) is 3.12. The number of carbonyl (C=O) groups excluding carboxylic acids is 1. The molecule has 108 valence electrons. The van der Waals surface area contributed by atoms with E-state index in [2.05, 4.69) is 0 Å². The van der Waals surface area contributed by atoms with Crippen LogP contribution >= 0.6 is 0 Å². The number of nitrogens with zero attached hydrogens (tertiary/aromatic N) is 1. The average molecular weight is 274 g/mol. The fourth-order valence-electron chi connectivity index (χ4n) is 3.46. The molecule has 4 heteroatoms. The van der Waals surface area contributed by atoms with Gasteiger partial charge in [0.1, 0.15) is 0 Å². The number of carbonyl (C=O) groups is 1. The molecule has 0 saturated heterocycles. The Balaban J connectivity index is 1.78. The Morgan fingerprint density at radius 2 is 2.15 bits per heavy atom. The van der Waals surface area contributed by atoms with Gasteiger partial charge in [-0.1, -0.05) is 12.5 Å². The van der Waals surface area contributed by atoms with E-state index in [4.69, 9.17) is 10.5 Å². The molecule has 1 aliphatic carbocycles. The number of amides is 1. The molecule has 0 bridgehead atoms. The zero-order valence-corrected chi connectivity index (χ0v) is 12.0. The van der Waals surface area contributed by atoms with Gasteiger partial charge in [0.05, 0.1) is 13.2 Å². The molecular weight excluding hydrogens is 252 g/mol. The summed E-state index contributed by atoms with van der Waals surface area (Å²) in [6, 6.07) is 6.20. The molecule has 1 amide bonds. The summed E-state index contributed by atoms with van der Waals surface area (Å²) in [6.45, 7) is 1.95. The van der Waals surface area contributed by atoms with Crippen LogP contribution in [-0.2, 0) is 18.0 Å². The molecule has 1 saturated carbocycles. The predicted octanol–water partition coefficient (Wildman–Crippen LogP) is 1.92. The summed E-state index contributed by atoms with van der Waals surface area (Å²) in [4.78, 5) is 14.5. The molecule has 0 aromatic heterocycles. The lowest BCUT2D eigenvalue weighted by molar-refractivity contribution is 0.0699. The van der Waals surface area contributed by atoms with Crippen molar-refractivity contribution >= 4 is 5.91 Å². The molecule has 1 fully saturated rings. The lowest BCUT2D eigenvalue weighted by Crippen LogP contribution is -2.41. The van der Waals surface area contributed by atoms with Crippen LogP contribution in [0, 0.1) is 5.92 Å². The van der Waals surface area contributed by atoms with Crippen LogP contribution in [0.1, 0.15) is 40.7 Å². The Hall–Kier alpha value is -1.39. The Kier molecular flexibility index (Phi) is 3.76. The zero-order chi connectivity index (χ0) is 14.1. The Labute approximate surface area is 119 Å². The van der Waals surface area contributed by atoms with Crippen LogP contribution in [0.5, 0.6) is 0 Å². The number of fused-ring (bicyclic) bond motifs is 1. The molecule has 0 radical (unpaired) electrons. The van der Waals surface area contributed by atoms with Crippen molar-refractivity contribution in [3.8, 4) is 0 Å². The van der Waals surface area contributed by atoms with Gasteiger partial charge in [-0.05, 0) is 48.6 Å². The standard InChI is InChI=1S/C16H22N2O2/c1-18(15-4-2-3-12(15)8-17)16(19)11-5-6-13-9-20-10-14(13)7-11/h5-7,12,15H,2-4,8-10,17H2,1H3. The van der Waals surface area contributed by atoms with Crippen LogP contribution in [0.2, 0.25) is 0 Å². The van der Waals surface area contributed by atoms with E-state index < -0.39 is 0 Å². The minimum Gasteiger partial charge on any atom is -0.372 e. The van der Waals surface area contributed by atoms with Crippen molar-refractivity contribution in [3.63, 3.8) is 0 Å². The molecule has 2 unspecified atom stereocenters. The van der Waals surface area contributed by atoms with E-state index >= 15 is 0 Å². The van der Waals surface area contributed by atoms with Crippen molar-refractivity contribution in [2.24, 2.45) is 11.7 Å². The number of benzene rings is 1. The molecule has 1 aromatic rings. The van der Waals surface area contributed by atoms with Crippen molar-refractivity contribution in [2.75, 3.05) is 13.6 Å². The number of ether oxygens (including phenoxy) is 1. The lowest BCUT2D eigenvalue weighted by Gasteiger charge is -2.29. The highest BCUT2D eigenvalue weighted by Gasteiger charge is 2.32. The fourth-order valence-corrected chi connectivity index (χ4v) is 3.46. The predicted molar refractivity (Wildman–Crippen MR) is 77.2 cm³/mol. The monoisotopic (exact) mass is 274 g/mol. The molecule has 0 spiro atoms. The second-order valence-electron chi connectivity index (χ2n) is 5.89. The molecule has 2 atom stereocenters. The molecule has 2 aliphatic rings. The third-order valence-corrected chi connectivity index (χ3v) is 4.71. The first-order valence-electron chi connectivity index (χ1n) is 7.37. The summed E-state index contributed by atoms with van der Waals surface area (Å²) in [5.74, 6) is 0.548. The Morgan fingerprint density at radius 1 is 1.35 bits per heavy atom. The quantitative estimate of drug-likeness (QED) is 0.916. The first kappa shape index (κ1) is 13.6.